The van der Waals surface area contributed by atoms with Crippen LogP contribution in [0.3, 0.4) is 0 Å². The van der Waals surface area contributed by atoms with Gasteiger partial charge < -0.3 is 15.4 Å². The number of rotatable bonds is 4. The van der Waals surface area contributed by atoms with Crippen LogP contribution in [0.4, 0.5) is 10.6 Å². The molecular formula is C22H29N5O2S. The number of nitriles is 1. The van der Waals surface area contributed by atoms with Crippen LogP contribution in [-0.4, -0.2) is 33.7 Å². The molecule has 2 aliphatic carbocycles. The molecule has 7 nitrogen and oxygen atoms in total. The number of carbonyl (C=O) groups excluding carboxylic acids is 1. The normalized spacial score (nSPS) is 23.6. The number of nitrogens with one attached hydrogen (secondary N) is 2. The van der Waals surface area contributed by atoms with Gasteiger partial charge in [-0.15, -0.1) is 11.3 Å². The molecule has 1 saturated carbocycles. The lowest BCUT2D eigenvalue weighted by Gasteiger charge is -2.31. The SMILES string of the molecule is CC(C)(C)OC(=O)NC1CCC(Nc2ncnc3sc4c(c23)[C@@H](CC#N)CC4)CC1. The summed E-state index contributed by atoms with van der Waals surface area (Å²) in [6.07, 6.45) is 7.64. The molecule has 2 heterocycles. The van der Waals surface area contributed by atoms with Crippen molar-refractivity contribution in [2.45, 2.75) is 89.3 Å². The van der Waals surface area contributed by atoms with E-state index in [4.69, 9.17) is 4.74 Å². The van der Waals surface area contributed by atoms with Crippen molar-refractivity contribution in [3.05, 3.63) is 16.8 Å². The molecule has 0 radical (unpaired) electrons. The second-order valence-corrected chi connectivity index (χ2v) is 10.4. The molecule has 2 N–H and O–H groups in total. The average molecular weight is 428 g/mol. The van der Waals surface area contributed by atoms with Gasteiger partial charge in [-0.05, 0) is 70.8 Å². The van der Waals surface area contributed by atoms with E-state index in [-0.39, 0.29) is 12.1 Å². The van der Waals surface area contributed by atoms with Crippen LogP contribution in [-0.2, 0) is 11.2 Å². The Morgan fingerprint density at radius 1 is 1.23 bits per heavy atom. The highest BCUT2D eigenvalue weighted by molar-refractivity contribution is 7.19. The lowest BCUT2D eigenvalue weighted by molar-refractivity contribution is 0.0492. The first-order valence-corrected chi connectivity index (χ1v) is 11.5. The van der Waals surface area contributed by atoms with E-state index in [1.165, 1.54) is 10.4 Å². The second-order valence-electron chi connectivity index (χ2n) is 9.28. The lowest BCUT2D eigenvalue weighted by atomic mass is 9.91. The Labute approximate surface area is 181 Å². The van der Waals surface area contributed by atoms with Crippen molar-refractivity contribution < 1.29 is 9.53 Å². The maximum atomic E-state index is 12.0. The molecule has 2 aliphatic rings. The molecular weight excluding hydrogens is 398 g/mol. The molecule has 1 amide bonds. The molecule has 2 aromatic heterocycles. The highest BCUT2D eigenvalue weighted by atomic mass is 32.1. The van der Waals surface area contributed by atoms with Gasteiger partial charge in [0.1, 0.15) is 22.6 Å². The Morgan fingerprint density at radius 2 is 1.97 bits per heavy atom. The second kappa shape index (κ2) is 8.38. The summed E-state index contributed by atoms with van der Waals surface area (Å²) in [5.41, 5.74) is 0.811. The number of hydrogen-bond donors (Lipinski definition) is 2. The molecule has 0 unspecified atom stereocenters. The molecule has 1 atom stereocenters. The quantitative estimate of drug-likeness (QED) is 0.721. The molecule has 1 fully saturated rings. The van der Waals surface area contributed by atoms with Crippen molar-refractivity contribution in [3.63, 3.8) is 0 Å². The van der Waals surface area contributed by atoms with Gasteiger partial charge in [-0.3, -0.25) is 0 Å². The maximum Gasteiger partial charge on any atom is 0.407 e. The minimum Gasteiger partial charge on any atom is -0.444 e. The van der Waals surface area contributed by atoms with E-state index in [1.807, 2.05) is 20.8 Å². The fourth-order valence-electron chi connectivity index (χ4n) is 4.54. The van der Waals surface area contributed by atoms with Crippen LogP contribution in [0.5, 0.6) is 0 Å². The smallest absolute Gasteiger partial charge is 0.407 e. The molecule has 30 heavy (non-hydrogen) atoms. The van der Waals surface area contributed by atoms with Crippen molar-refractivity contribution in [1.29, 1.82) is 5.26 Å². The van der Waals surface area contributed by atoms with Crippen LogP contribution >= 0.6 is 11.3 Å². The predicted molar refractivity (Wildman–Crippen MR) is 118 cm³/mol. The zero-order valence-electron chi connectivity index (χ0n) is 17.8. The van der Waals surface area contributed by atoms with E-state index in [2.05, 4.69) is 26.7 Å². The van der Waals surface area contributed by atoms with E-state index in [1.54, 1.807) is 17.7 Å². The first kappa shape index (κ1) is 20.9. The molecule has 160 valence electrons. The summed E-state index contributed by atoms with van der Waals surface area (Å²) in [7, 11) is 0. The van der Waals surface area contributed by atoms with Crippen LogP contribution < -0.4 is 10.6 Å². The van der Waals surface area contributed by atoms with E-state index in [0.29, 0.717) is 18.4 Å². The van der Waals surface area contributed by atoms with Crippen LogP contribution in [0.25, 0.3) is 10.2 Å². The molecule has 0 bridgehead atoms. The summed E-state index contributed by atoms with van der Waals surface area (Å²) in [6.45, 7) is 5.62. The number of aromatic nitrogens is 2. The van der Waals surface area contributed by atoms with E-state index in [9.17, 15) is 10.1 Å². The summed E-state index contributed by atoms with van der Waals surface area (Å²) >= 11 is 1.74. The number of ether oxygens (including phenoxy) is 1. The van der Waals surface area contributed by atoms with E-state index < -0.39 is 5.60 Å². The number of hydrogen-bond acceptors (Lipinski definition) is 7. The number of anilines is 1. The van der Waals surface area contributed by atoms with Crippen molar-refractivity contribution in [2.75, 3.05) is 5.32 Å². The third-order valence-corrected chi connectivity index (χ3v) is 7.03. The highest BCUT2D eigenvalue weighted by Crippen LogP contribution is 2.46. The summed E-state index contributed by atoms with van der Waals surface area (Å²) < 4.78 is 5.37. The third-order valence-electron chi connectivity index (χ3n) is 5.86. The Hall–Kier alpha value is -2.40. The van der Waals surface area contributed by atoms with Gasteiger partial charge >= 0.3 is 6.09 Å². The molecule has 2 aromatic rings. The Kier molecular flexibility index (Phi) is 5.83. The number of thiophene rings is 1. The van der Waals surface area contributed by atoms with E-state index >= 15 is 0 Å². The van der Waals surface area contributed by atoms with Crippen LogP contribution in [0.1, 0.15) is 75.7 Å². The number of carbonyl (C=O) groups is 1. The fraction of sp³-hybridized carbons (Fsp3) is 0.636. The zero-order valence-corrected chi connectivity index (χ0v) is 18.6. The molecule has 4 rings (SSSR count). The van der Waals surface area contributed by atoms with Gasteiger partial charge in [-0.25, -0.2) is 14.8 Å². The average Bonchev–Trinajstić information content (AvgIpc) is 3.22. The number of fused-ring (bicyclic) bond motifs is 3. The molecule has 0 spiro atoms. The Balaban J connectivity index is 1.42. The summed E-state index contributed by atoms with van der Waals surface area (Å²) in [4.78, 5) is 23.5. The lowest BCUT2D eigenvalue weighted by Crippen LogP contribution is -2.42. The Morgan fingerprint density at radius 3 is 2.67 bits per heavy atom. The van der Waals surface area contributed by atoms with Crippen molar-refractivity contribution in [2.24, 2.45) is 0 Å². The van der Waals surface area contributed by atoms with Crippen molar-refractivity contribution >= 4 is 33.5 Å². The zero-order chi connectivity index (χ0) is 21.3. The number of nitrogens with zero attached hydrogens (tertiary/aromatic N) is 3. The molecule has 0 aromatic carbocycles. The predicted octanol–water partition coefficient (Wildman–Crippen LogP) is 4.88. The number of aryl methyl sites for hydroxylation is 1. The van der Waals surface area contributed by atoms with Gasteiger partial charge in [0, 0.05) is 23.4 Å². The summed E-state index contributed by atoms with van der Waals surface area (Å²) in [5, 5.41) is 17.0. The largest absolute Gasteiger partial charge is 0.444 e. The van der Waals surface area contributed by atoms with Crippen LogP contribution in [0.2, 0.25) is 0 Å². The number of alkyl carbamates (subject to hydrolysis) is 1. The minimum atomic E-state index is -0.481. The third kappa shape index (κ3) is 4.51. The Bertz CT molecular complexity index is 966. The highest BCUT2D eigenvalue weighted by Gasteiger charge is 2.30. The number of amides is 1. The fourth-order valence-corrected chi connectivity index (χ4v) is 5.78. The van der Waals surface area contributed by atoms with Crippen molar-refractivity contribution in [3.8, 4) is 6.07 Å². The van der Waals surface area contributed by atoms with Gasteiger partial charge in [0.25, 0.3) is 0 Å². The van der Waals surface area contributed by atoms with Gasteiger partial charge in [0.2, 0.25) is 0 Å². The minimum absolute atomic E-state index is 0.147. The first-order valence-electron chi connectivity index (χ1n) is 10.7. The van der Waals surface area contributed by atoms with Crippen LogP contribution in [0.15, 0.2) is 6.33 Å². The summed E-state index contributed by atoms with van der Waals surface area (Å²) in [5.74, 6) is 1.19. The standard InChI is InChI=1S/C22H29N5O2S/c1-22(2,3)29-21(28)27-15-7-5-14(6-8-15)26-19-18-17-13(10-11-23)4-9-16(17)30-20(18)25-12-24-19/h12-15H,4-10H2,1-3H3,(H,27,28)(H,24,25,26)/t13-,14?,15?/m1/s1. The van der Waals surface area contributed by atoms with Gasteiger partial charge in [0.05, 0.1) is 11.5 Å². The topological polar surface area (TPSA) is 99.9 Å². The molecule has 8 heteroatoms. The maximum absolute atomic E-state index is 12.0. The van der Waals surface area contributed by atoms with Crippen molar-refractivity contribution in [1.82, 2.24) is 15.3 Å². The molecule has 0 saturated heterocycles. The van der Waals surface area contributed by atoms with Gasteiger partial charge in [0.15, 0.2) is 0 Å². The van der Waals surface area contributed by atoms with Gasteiger partial charge in [-0.2, -0.15) is 5.26 Å². The molecule has 0 aliphatic heterocycles. The van der Waals surface area contributed by atoms with Gasteiger partial charge in [-0.1, -0.05) is 0 Å². The monoisotopic (exact) mass is 427 g/mol. The first-order chi connectivity index (χ1) is 14.3. The van der Waals surface area contributed by atoms with Crippen LogP contribution in [0, 0.1) is 11.3 Å². The summed E-state index contributed by atoms with van der Waals surface area (Å²) in [6, 6.07) is 2.80. The van der Waals surface area contributed by atoms with E-state index in [0.717, 1.165) is 54.6 Å².